The number of hydrogen-bond donors (Lipinski definition) is 2. The number of nitrogens with zero attached hydrogens (tertiary/aromatic N) is 1. The molecular formula is C15H15N3O5S. The van der Waals surface area contributed by atoms with E-state index in [9.17, 15) is 14.4 Å². The van der Waals surface area contributed by atoms with E-state index < -0.39 is 24.5 Å². The van der Waals surface area contributed by atoms with Crippen LogP contribution in [0.25, 0.3) is 0 Å². The van der Waals surface area contributed by atoms with Crippen molar-refractivity contribution < 1.29 is 23.6 Å². The van der Waals surface area contributed by atoms with Gasteiger partial charge in [0.1, 0.15) is 5.76 Å². The van der Waals surface area contributed by atoms with Crippen LogP contribution in [0.4, 0.5) is 4.79 Å². The van der Waals surface area contributed by atoms with Crippen molar-refractivity contribution in [2.45, 2.75) is 17.6 Å². The normalized spacial score (nSPS) is 10.2. The van der Waals surface area contributed by atoms with E-state index in [2.05, 4.69) is 5.16 Å². The summed E-state index contributed by atoms with van der Waals surface area (Å²) >= 11 is 1.39. The van der Waals surface area contributed by atoms with E-state index in [-0.39, 0.29) is 0 Å². The first-order chi connectivity index (χ1) is 11.5. The maximum atomic E-state index is 12.1. The highest BCUT2D eigenvalue weighted by atomic mass is 32.2. The van der Waals surface area contributed by atoms with Gasteiger partial charge in [-0.15, -0.1) is 11.8 Å². The summed E-state index contributed by atoms with van der Waals surface area (Å²) in [5.74, 6) is -0.240. The van der Waals surface area contributed by atoms with E-state index >= 15 is 0 Å². The summed E-state index contributed by atoms with van der Waals surface area (Å²) in [5.41, 5.74) is 5.87. The Balaban J connectivity index is 1.98. The Kier molecular flexibility index (Phi) is 5.96. The zero-order valence-electron chi connectivity index (χ0n) is 12.8. The molecule has 3 N–H and O–H groups in total. The van der Waals surface area contributed by atoms with Crippen molar-refractivity contribution in [2.24, 2.45) is 5.73 Å². The minimum absolute atomic E-state index is 0.314. The Morgan fingerprint density at radius 2 is 2.08 bits per heavy atom. The summed E-state index contributed by atoms with van der Waals surface area (Å²) in [6.07, 6.45) is 0. The fraction of sp³-hybridized carbons (Fsp3) is 0.200. The second kappa shape index (κ2) is 8.16. The summed E-state index contributed by atoms with van der Waals surface area (Å²) in [4.78, 5) is 34.6. The number of urea groups is 1. The quantitative estimate of drug-likeness (QED) is 0.600. The molecule has 0 fully saturated rings. The van der Waals surface area contributed by atoms with Gasteiger partial charge >= 0.3 is 12.0 Å². The zero-order chi connectivity index (χ0) is 17.5. The zero-order valence-corrected chi connectivity index (χ0v) is 13.6. The Bertz CT molecular complexity index is 759. The monoisotopic (exact) mass is 349 g/mol. The molecule has 2 aromatic rings. The van der Waals surface area contributed by atoms with Gasteiger partial charge in [0.2, 0.25) is 0 Å². The van der Waals surface area contributed by atoms with Crippen LogP contribution in [-0.2, 0) is 15.3 Å². The molecule has 0 saturated carbocycles. The number of primary amides is 1. The van der Waals surface area contributed by atoms with Gasteiger partial charge in [0.25, 0.3) is 5.91 Å². The van der Waals surface area contributed by atoms with E-state index in [4.69, 9.17) is 15.0 Å². The summed E-state index contributed by atoms with van der Waals surface area (Å²) in [6, 6.07) is 7.62. The second-order valence-corrected chi connectivity index (χ2v) is 5.72. The molecule has 0 aliphatic carbocycles. The molecule has 0 saturated heterocycles. The molecule has 1 heterocycles. The first-order valence-corrected chi connectivity index (χ1v) is 7.84. The number of esters is 1. The highest BCUT2D eigenvalue weighted by Gasteiger charge is 2.15. The highest BCUT2D eigenvalue weighted by molar-refractivity contribution is 7.98. The van der Waals surface area contributed by atoms with Crippen LogP contribution in [0.2, 0.25) is 0 Å². The van der Waals surface area contributed by atoms with Gasteiger partial charge in [-0.05, 0) is 19.1 Å². The van der Waals surface area contributed by atoms with E-state index in [1.807, 2.05) is 11.4 Å². The number of nitrogens with one attached hydrogen (secondary N) is 1. The number of carbonyl (C=O) groups excluding carboxylic acids is 3. The first kappa shape index (κ1) is 17.5. The second-order valence-electron chi connectivity index (χ2n) is 4.70. The summed E-state index contributed by atoms with van der Waals surface area (Å²) in [5, 5.41) is 5.70. The summed E-state index contributed by atoms with van der Waals surface area (Å²) in [6.45, 7) is 1.20. The third kappa shape index (κ3) is 5.13. The predicted molar refractivity (Wildman–Crippen MR) is 85.3 cm³/mol. The van der Waals surface area contributed by atoms with Crippen LogP contribution in [0.1, 0.15) is 21.8 Å². The largest absolute Gasteiger partial charge is 0.452 e. The van der Waals surface area contributed by atoms with Crippen molar-refractivity contribution in [3.63, 3.8) is 0 Å². The molecular weight excluding hydrogens is 334 g/mol. The van der Waals surface area contributed by atoms with Crippen molar-refractivity contribution in [2.75, 3.05) is 6.61 Å². The number of ether oxygens (including phenoxy) is 1. The number of rotatable bonds is 6. The molecule has 1 aromatic carbocycles. The molecule has 3 amide bonds. The molecule has 8 nitrogen and oxygen atoms in total. The van der Waals surface area contributed by atoms with Gasteiger partial charge in [0, 0.05) is 16.7 Å². The number of imide groups is 1. The number of nitrogens with two attached hydrogens (primary N) is 1. The Morgan fingerprint density at radius 3 is 2.75 bits per heavy atom. The van der Waals surface area contributed by atoms with E-state index in [0.717, 1.165) is 5.69 Å². The average molecular weight is 349 g/mol. The molecule has 0 bridgehead atoms. The minimum Gasteiger partial charge on any atom is -0.452 e. The summed E-state index contributed by atoms with van der Waals surface area (Å²) < 4.78 is 9.87. The van der Waals surface area contributed by atoms with Gasteiger partial charge < -0.3 is 15.0 Å². The lowest BCUT2D eigenvalue weighted by molar-refractivity contribution is -0.123. The third-order valence-electron chi connectivity index (χ3n) is 2.76. The lowest BCUT2D eigenvalue weighted by Crippen LogP contribution is -2.37. The molecule has 0 aliphatic rings. The molecule has 0 atom stereocenters. The van der Waals surface area contributed by atoms with Crippen molar-refractivity contribution in [3.05, 3.63) is 47.3 Å². The number of carbonyl (C=O) groups is 3. The van der Waals surface area contributed by atoms with Crippen LogP contribution in [0, 0.1) is 6.92 Å². The fourth-order valence-corrected chi connectivity index (χ4v) is 2.70. The number of amides is 3. The van der Waals surface area contributed by atoms with Gasteiger partial charge in [-0.2, -0.15) is 0 Å². The van der Waals surface area contributed by atoms with Gasteiger partial charge in [-0.1, -0.05) is 17.3 Å². The van der Waals surface area contributed by atoms with Crippen molar-refractivity contribution in [1.29, 1.82) is 0 Å². The van der Waals surface area contributed by atoms with Crippen LogP contribution in [0.15, 0.2) is 39.8 Å². The van der Waals surface area contributed by atoms with Gasteiger partial charge in [-0.25, -0.2) is 9.59 Å². The van der Waals surface area contributed by atoms with Crippen LogP contribution in [-0.4, -0.2) is 29.7 Å². The minimum atomic E-state index is -1.00. The van der Waals surface area contributed by atoms with Crippen molar-refractivity contribution in [1.82, 2.24) is 10.5 Å². The molecule has 24 heavy (non-hydrogen) atoms. The summed E-state index contributed by atoms with van der Waals surface area (Å²) in [7, 11) is 0. The lowest BCUT2D eigenvalue weighted by Gasteiger charge is -2.08. The van der Waals surface area contributed by atoms with Crippen molar-refractivity contribution >= 4 is 29.7 Å². The van der Waals surface area contributed by atoms with E-state index in [1.54, 1.807) is 31.2 Å². The predicted octanol–water partition coefficient (Wildman–Crippen LogP) is 1.63. The number of aryl methyl sites for hydroxylation is 1. The Hall–Kier alpha value is -2.81. The van der Waals surface area contributed by atoms with Gasteiger partial charge in [0.05, 0.1) is 11.3 Å². The van der Waals surface area contributed by atoms with Crippen molar-refractivity contribution in [3.8, 4) is 0 Å². The molecule has 0 aliphatic heterocycles. The lowest BCUT2D eigenvalue weighted by atomic mass is 10.2. The van der Waals surface area contributed by atoms with Crippen LogP contribution in [0.3, 0.4) is 0 Å². The number of thioether (sulfide) groups is 1. The standard InChI is InChI=1S/C15H15N3O5S/c1-9-6-10(18-23-9)8-24-12-5-3-2-4-11(12)14(20)22-7-13(19)17-15(16)21/h2-6H,7-8H2,1H3,(H3,16,17,19,21). The third-order valence-corrected chi connectivity index (χ3v) is 3.86. The van der Waals surface area contributed by atoms with Crippen LogP contribution < -0.4 is 11.1 Å². The molecule has 2 rings (SSSR count). The molecule has 0 unspecified atom stereocenters. The fourth-order valence-electron chi connectivity index (χ4n) is 1.78. The highest BCUT2D eigenvalue weighted by Crippen LogP contribution is 2.26. The number of hydrogen-bond acceptors (Lipinski definition) is 7. The molecule has 9 heteroatoms. The smallest absolute Gasteiger partial charge is 0.339 e. The SMILES string of the molecule is Cc1cc(CSc2ccccc2C(=O)OCC(=O)NC(N)=O)no1. The van der Waals surface area contributed by atoms with Crippen LogP contribution >= 0.6 is 11.8 Å². The Labute approximate surface area is 141 Å². The molecule has 1 aromatic heterocycles. The van der Waals surface area contributed by atoms with Crippen LogP contribution in [0.5, 0.6) is 0 Å². The molecule has 126 valence electrons. The number of benzene rings is 1. The van der Waals surface area contributed by atoms with E-state index in [0.29, 0.717) is 22.0 Å². The molecule has 0 radical (unpaired) electrons. The van der Waals surface area contributed by atoms with Gasteiger partial charge in [-0.3, -0.25) is 10.1 Å². The maximum absolute atomic E-state index is 12.1. The first-order valence-electron chi connectivity index (χ1n) is 6.86. The van der Waals surface area contributed by atoms with Gasteiger partial charge in [0.15, 0.2) is 6.61 Å². The van der Waals surface area contributed by atoms with E-state index in [1.165, 1.54) is 11.8 Å². The molecule has 0 spiro atoms. The average Bonchev–Trinajstić information content (AvgIpc) is 2.96. The Morgan fingerprint density at radius 1 is 1.33 bits per heavy atom. The maximum Gasteiger partial charge on any atom is 0.339 e. The topological polar surface area (TPSA) is 125 Å². The number of aromatic nitrogens is 1.